The van der Waals surface area contributed by atoms with E-state index in [1.54, 1.807) is 0 Å². The molecule has 0 saturated heterocycles. The molecule has 156 valence electrons. The van der Waals surface area contributed by atoms with Gasteiger partial charge >= 0.3 is 12.1 Å². The van der Waals surface area contributed by atoms with Gasteiger partial charge < -0.3 is 30.2 Å². The molecule has 1 aliphatic carbocycles. The Balaban J connectivity index is 1.85. The maximum absolute atomic E-state index is 12.5. The number of nitrogens with one attached hydrogen (secondary N) is 2. The van der Waals surface area contributed by atoms with Crippen LogP contribution < -0.4 is 11.1 Å². The lowest BCUT2D eigenvalue weighted by Crippen LogP contribution is -2.45. The van der Waals surface area contributed by atoms with Crippen molar-refractivity contribution in [2.45, 2.75) is 70.3 Å². The molecule has 1 saturated carbocycles. The zero-order valence-corrected chi connectivity index (χ0v) is 16.0. The topological polar surface area (TPSA) is 146 Å². The molecule has 0 bridgehead atoms. The molecule has 1 aromatic rings. The number of nitrogens with zero attached hydrogens (tertiary/aromatic N) is 1. The highest BCUT2D eigenvalue weighted by Crippen LogP contribution is 2.20. The molecule has 2 rings (SSSR count). The Labute approximate surface area is 163 Å². The molecule has 4 N–H and O–H groups in total. The first kappa shape index (κ1) is 21.7. The van der Waals surface area contributed by atoms with Crippen molar-refractivity contribution in [3.63, 3.8) is 0 Å². The summed E-state index contributed by atoms with van der Waals surface area (Å²) in [6, 6.07) is -0.972. The van der Waals surface area contributed by atoms with Crippen LogP contribution in [0.4, 0.5) is 4.79 Å². The molecule has 2 atom stereocenters. The summed E-state index contributed by atoms with van der Waals surface area (Å²) in [7, 11) is 0. The van der Waals surface area contributed by atoms with Crippen LogP contribution in [0.5, 0.6) is 0 Å². The zero-order chi connectivity index (χ0) is 20.4. The van der Waals surface area contributed by atoms with Gasteiger partial charge in [0.05, 0.1) is 6.33 Å². The van der Waals surface area contributed by atoms with Crippen LogP contribution >= 0.6 is 0 Å². The first-order valence-corrected chi connectivity index (χ1v) is 9.52. The highest BCUT2D eigenvalue weighted by atomic mass is 16.8. The van der Waals surface area contributed by atoms with Crippen molar-refractivity contribution >= 4 is 18.0 Å². The van der Waals surface area contributed by atoms with E-state index in [-0.39, 0.29) is 31.4 Å². The molecule has 1 fully saturated rings. The van der Waals surface area contributed by atoms with E-state index < -0.39 is 24.5 Å². The molecular weight excluding hydrogens is 368 g/mol. The number of carbonyl (C=O) groups is 3. The number of ether oxygens (including phenoxy) is 3. The number of esters is 1. The van der Waals surface area contributed by atoms with E-state index in [0.29, 0.717) is 5.69 Å². The summed E-state index contributed by atoms with van der Waals surface area (Å²) < 4.78 is 15.4. The molecule has 1 aliphatic rings. The fraction of sp³-hybridized carbons (Fsp3) is 0.667. The maximum atomic E-state index is 12.5. The number of H-pyrrole nitrogens is 1. The second-order valence-electron chi connectivity index (χ2n) is 6.69. The minimum atomic E-state index is -1.15. The molecule has 10 heteroatoms. The third-order valence-electron chi connectivity index (χ3n) is 4.33. The number of imidazole rings is 1. The van der Waals surface area contributed by atoms with Crippen LogP contribution in [-0.2, 0) is 30.2 Å². The summed E-state index contributed by atoms with van der Waals surface area (Å²) in [4.78, 5) is 42.9. The van der Waals surface area contributed by atoms with Gasteiger partial charge in [-0.05, 0) is 25.7 Å². The first-order chi connectivity index (χ1) is 13.5. The van der Waals surface area contributed by atoms with Crippen LogP contribution in [0.15, 0.2) is 12.5 Å². The Morgan fingerprint density at radius 2 is 2.04 bits per heavy atom. The summed E-state index contributed by atoms with van der Waals surface area (Å²) >= 11 is 0. The number of hydrogen-bond acceptors (Lipinski definition) is 8. The van der Waals surface area contributed by atoms with E-state index in [1.807, 2.05) is 0 Å². The molecule has 1 heterocycles. The predicted octanol–water partition coefficient (Wildman–Crippen LogP) is 1.16. The average Bonchev–Trinajstić information content (AvgIpc) is 3.15. The summed E-state index contributed by atoms with van der Waals surface area (Å²) in [5.41, 5.74) is 6.00. The Morgan fingerprint density at radius 3 is 2.68 bits per heavy atom. The molecule has 10 nitrogen and oxygen atoms in total. The van der Waals surface area contributed by atoms with Gasteiger partial charge in [0, 0.05) is 38.2 Å². The van der Waals surface area contributed by atoms with Gasteiger partial charge in [0.15, 0.2) is 0 Å². The smallest absolute Gasteiger partial charge is 0.431 e. The third kappa shape index (κ3) is 7.55. The van der Waals surface area contributed by atoms with Gasteiger partial charge in [0.25, 0.3) is 0 Å². The van der Waals surface area contributed by atoms with Gasteiger partial charge in [-0.15, -0.1) is 0 Å². The average molecular weight is 396 g/mol. The van der Waals surface area contributed by atoms with Crippen molar-refractivity contribution in [3.8, 4) is 0 Å². The van der Waals surface area contributed by atoms with Crippen molar-refractivity contribution in [1.29, 1.82) is 0 Å². The van der Waals surface area contributed by atoms with E-state index in [9.17, 15) is 14.4 Å². The van der Waals surface area contributed by atoms with E-state index in [4.69, 9.17) is 19.9 Å². The van der Waals surface area contributed by atoms with Gasteiger partial charge in [0.1, 0.15) is 12.1 Å². The Kier molecular flexibility index (Phi) is 8.73. The summed E-state index contributed by atoms with van der Waals surface area (Å²) in [6.07, 6.45) is 5.82. The minimum absolute atomic E-state index is 0.0759. The number of carbonyl (C=O) groups excluding carboxylic acids is 3. The fourth-order valence-electron chi connectivity index (χ4n) is 2.96. The van der Waals surface area contributed by atoms with Gasteiger partial charge in [-0.1, -0.05) is 6.42 Å². The fourth-order valence-corrected chi connectivity index (χ4v) is 2.96. The van der Waals surface area contributed by atoms with Crippen molar-refractivity contribution in [1.82, 2.24) is 15.3 Å². The Hall–Kier alpha value is -2.62. The normalized spacial score (nSPS) is 16.6. The molecule has 0 radical (unpaired) electrons. The molecular formula is C18H28N4O6. The second kappa shape index (κ2) is 11.3. The van der Waals surface area contributed by atoms with Crippen molar-refractivity contribution in [2.75, 3.05) is 6.54 Å². The van der Waals surface area contributed by atoms with Gasteiger partial charge in [-0.2, -0.15) is 0 Å². The molecule has 1 amide bonds. The largest absolute Gasteiger partial charge is 0.511 e. The van der Waals surface area contributed by atoms with E-state index in [2.05, 4.69) is 15.3 Å². The lowest BCUT2D eigenvalue weighted by atomic mass is 9.98. The number of nitrogens with two attached hydrogens (primary N) is 1. The van der Waals surface area contributed by atoms with Crippen LogP contribution in [0.2, 0.25) is 0 Å². The first-order valence-electron chi connectivity index (χ1n) is 9.52. The lowest BCUT2D eigenvalue weighted by Gasteiger charge is -2.23. The standard InChI is InChI=1S/C18H28N4O6/c1-12(27-18(25)28-14-5-3-2-4-6-14)26-17(24)15(22-16(23)7-8-19)9-13-10-20-11-21-13/h10-12,14-15H,2-9,19H2,1H3,(H,20,21)(H,22,23). The quantitative estimate of drug-likeness (QED) is 0.416. The molecule has 28 heavy (non-hydrogen) atoms. The van der Waals surface area contributed by atoms with Crippen LogP contribution in [0, 0.1) is 0 Å². The highest BCUT2D eigenvalue weighted by Gasteiger charge is 2.27. The predicted molar refractivity (Wildman–Crippen MR) is 97.9 cm³/mol. The number of rotatable bonds is 9. The minimum Gasteiger partial charge on any atom is -0.431 e. The molecule has 2 unspecified atom stereocenters. The Bertz CT molecular complexity index is 630. The van der Waals surface area contributed by atoms with Crippen LogP contribution in [0.25, 0.3) is 0 Å². The molecule has 1 aromatic heterocycles. The lowest BCUT2D eigenvalue weighted by molar-refractivity contribution is -0.172. The SMILES string of the molecule is CC(OC(=O)OC1CCCCC1)OC(=O)C(Cc1cnc[nH]1)NC(=O)CCN. The van der Waals surface area contributed by atoms with E-state index in [0.717, 1.165) is 32.1 Å². The number of aromatic nitrogens is 2. The number of amides is 1. The van der Waals surface area contributed by atoms with Crippen molar-refractivity contribution in [2.24, 2.45) is 5.73 Å². The van der Waals surface area contributed by atoms with Gasteiger partial charge in [-0.25, -0.2) is 14.6 Å². The van der Waals surface area contributed by atoms with Crippen LogP contribution in [0.3, 0.4) is 0 Å². The third-order valence-corrected chi connectivity index (χ3v) is 4.33. The van der Waals surface area contributed by atoms with Gasteiger partial charge in [0.2, 0.25) is 12.2 Å². The number of hydrogen-bond donors (Lipinski definition) is 3. The summed E-state index contributed by atoms with van der Waals surface area (Å²) in [5.74, 6) is -1.12. The monoisotopic (exact) mass is 396 g/mol. The summed E-state index contributed by atoms with van der Waals surface area (Å²) in [6.45, 7) is 1.57. The zero-order valence-electron chi connectivity index (χ0n) is 16.0. The van der Waals surface area contributed by atoms with Crippen molar-refractivity contribution in [3.05, 3.63) is 18.2 Å². The van der Waals surface area contributed by atoms with E-state index >= 15 is 0 Å². The van der Waals surface area contributed by atoms with Crippen LogP contribution in [0.1, 0.15) is 51.1 Å². The van der Waals surface area contributed by atoms with Gasteiger partial charge in [-0.3, -0.25) is 4.79 Å². The highest BCUT2D eigenvalue weighted by molar-refractivity contribution is 5.84. The number of aromatic amines is 1. The van der Waals surface area contributed by atoms with E-state index in [1.165, 1.54) is 19.4 Å². The maximum Gasteiger partial charge on any atom is 0.511 e. The molecule has 0 spiro atoms. The van der Waals surface area contributed by atoms with Crippen LogP contribution in [-0.4, -0.2) is 53.0 Å². The van der Waals surface area contributed by atoms with Crippen molar-refractivity contribution < 1.29 is 28.6 Å². The molecule has 0 aromatic carbocycles. The molecule has 0 aliphatic heterocycles. The summed E-state index contributed by atoms with van der Waals surface area (Å²) in [5, 5.41) is 2.57. The Morgan fingerprint density at radius 1 is 1.29 bits per heavy atom. The second-order valence-corrected chi connectivity index (χ2v) is 6.69.